The zero-order chi connectivity index (χ0) is 12.8. The van der Waals surface area contributed by atoms with E-state index in [9.17, 15) is 0 Å². The van der Waals surface area contributed by atoms with E-state index in [1.54, 1.807) is 0 Å². The molecule has 0 aromatic carbocycles. The molecule has 0 amide bonds. The van der Waals surface area contributed by atoms with Crippen LogP contribution in [0, 0.1) is 0 Å². The standard InChI is InChI=1S/C14H23N3O/c1-3-18-14-5-4-8-17(11-14)13-6-7-16-12(9-13)10-15-2/h6-7,9,14-15H,3-5,8,10-11H2,1-2H3. The van der Waals surface area contributed by atoms with E-state index in [4.69, 9.17) is 4.74 Å². The first-order chi connectivity index (χ1) is 8.83. The van der Waals surface area contributed by atoms with Gasteiger partial charge in [-0.25, -0.2) is 0 Å². The van der Waals surface area contributed by atoms with Crippen LogP contribution in [-0.2, 0) is 11.3 Å². The summed E-state index contributed by atoms with van der Waals surface area (Å²) < 4.78 is 5.74. The Labute approximate surface area is 109 Å². The van der Waals surface area contributed by atoms with E-state index in [-0.39, 0.29) is 0 Å². The summed E-state index contributed by atoms with van der Waals surface area (Å²) in [5, 5.41) is 3.14. The van der Waals surface area contributed by atoms with Crippen molar-refractivity contribution in [2.45, 2.75) is 32.4 Å². The van der Waals surface area contributed by atoms with Gasteiger partial charge in [0.15, 0.2) is 0 Å². The van der Waals surface area contributed by atoms with E-state index in [1.807, 2.05) is 13.2 Å². The third-order valence-corrected chi connectivity index (χ3v) is 3.30. The molecule has 0 aliphatic carbocycles. The fourth-order valence-electron chi connectivity index (χ4n) is 2.48. The van der Waals surface area contributed by atoms with Crippen molar-refractivity contribution in [1.29, 1.82) is 0 Å². The van der Waals surface area contributed by atoms with Gasteiger partial charge in [0.25, 0.3) is 0 Å². The summed E-state index contributed by atoms with van der Waals surface area (Å²) in [4.78, 5) is 6.77. The molecule has 1 aromatic heterocycles. The second kappa shape index (κ2) is 6.71. The Kier molecular flexibility index (Phi) is 4.96. The van der Waals surface area contributed by atoms with E-state index >= 15 is 0 Å². The number of nitrogens with zero attached hydrogens (tertiary/aromatic N) is 2. The molecule has 1 fully saturated rings. The third-order valence-electron chi connectivity index (χ3n) is 3.30. The smallest absolute Gasteiger partial charge is 0.0750 e. The molecule has 1 aliphatic heterocycles. The van der Waals surface area contributed by atoms with Crippen molar-refractivity contribution < 1.29 is 4.74 Å². The van der Waals surface area contributed by atoms with Gasteiger partial charge in [-0.3, -0.25) is 4.98 Å². The van der Waals surface area contributed by atoms with Crippen molar-refractivity contribution in [2.24, 2.45) is 0 Å². The molecule has 0 radical (unpaired) electrons. The van der Waals surface area contributed by atoms with Crippen molar-refractivity contribution in [1.82, 2.24) is 10.3 Å². The van der Waals surface area contributed by atoms with Crippen LogP contribution in [0.15, 0.2) is 18.3 Å². The lowest BCUT2D eigenvalue weighted by Gasteiger charge is -2.34. The van der Waals surface area contributed by atoms with Crippen molar-refractivity contribution in [3.63, 3.8) is 0 Å². The third kappa shape index (κ3) is 3.43. The predicted octanol–water partition coefficient (Wildman–Crippen LogP) is 1.81. The molecule has 1 atom stereocenters. The zero-order valence-electron chi connectivity index (χ0n) is 11.4. The molecule has 1 aliphatic rings. The molecular formula is C14H23N3O. The van der Waals surface area contributed by atoms with Crippen molar-refractivity contribution in [2.75, 3.05) is 31.6 Å². The second-order valence-corrected chi connectivity index (χ2v) is 4.70. The van der Waals surface area contributed by atoms with Gasteiger partial charge in [-0.2, -0.15) is 0 Å². The minimum absolute atomic E-state index is 0.379. The molecule has 1 N–H and O–H groups in total. The first-order valence-corrected chi connectivity index (χ1v) is 6.79. The van der Waals surface area contributed by atoms with Crippen LogP contribution in [0.2, 0.25) is 0 Å². The fourth-order valence-corrected chi connectivity index (χ4v) is 2.48. The number of rotatable bonds is 5. The maximum Gasteiger partial charge on any atom is 0.0750 e. The summed E-state index contributed by atoms with van der Waals surface area (Å²) >= 11 is 0. The fraction of sp³-hybridized carbons (Fsp3) is 0.643. The van der Waals surface area contributed by atoms with Crippen LogP contribution in [0.5, 0.6) is 0 Å². The number of hydrogen-bond donors (Lipinski definition) is 1. The Balaban J connectivity index is 2.03. The lowest BCUT2D eigenvalue weighted by Crippen LogP contribution is -2.39. The number of ether oxygens (including phenoxy) is 1. The Bertz CT molecular complexity index is 368. The normalized spacial score (nSPS) is 20.1. The lowest BCUT2D eigenvalue weighted by molar-refractivity contribution is 0.0526. The Morgan fingerprint density at radius 3 is 3.22 bits per heavy atom. The molecular weight excluding hydrogens is 226 g/mol. The highest BCUT2D eigenvalue weighted by Crippen LogP contribution is 2.21. The van der Waals surface area contributed by atoms with Gasteiger partial charge in [0.2, 0.25) is 0 Å². The van der Waals surface area contributed by atoms with Gasteiger partial charge in [0, 0.05) is 38.1 Å². The van der Waals surface area contributed by atoms with Crippen LogP contribution < -0.4 is 10.2 Å². The summed E-state index contributed by atoms with van der Waals surface area (Å²) in [5.74, 6) is 0. The highest BCUT2D eigenvalue weighted by molar-refractivity contribution is 5.47. The Morgan fingerprint density at radius 1 is 1.56 bits per heavy atom. The number of hydrogen-bond acceptors (Lipinski definition) is 4. The average molecular weight is 249 g/mol. The monoisotopic (exact) mass is 249 g/mol. The molecule has 18 heavy (non-hydrogen) atoms. The van der Waals surface area contributed by atoms with Gasteiger partial charge < -0.3 is 15.0 Å². The SMILES string of the molecule is CCOC1CCCN(c2ccnc(CNC)c2)C1. The Hall–Kier alpha value is -1.13. The molecule has 1 unspecified atom stereocenters. The summed E-state index contributed by atoms with van der Waals surface area (Å²) in [6.45, 7) is 5.80. The number of piperidine rings is 1. The topological polar surface area (TPSA) is 37.4 Å². The van der Waals surface area contributed by atoms with Crippen LogP contribution in [0.4, 0.5) is 5.69 Å². The molecule has 4 heteroatoms. The van der Waals surface area contributed by atoms with Crippen molar-refractivity contribution in [3.8, 4) is 0 Å². The molecule has 4 nitrogen and oxygen atoms in total. The van der Waals surface area contributed by atoms with Crippen LogP contribution in [-0.4, -0.2) is 37.8 Å². The first kappa shape index (κ1) is 13.3. The summed E-state index contributed by atoms with van der Waals surface area (Å²) in [6, 6.07) is 4.26. The summed E-state index contributed by atoms with van der Waals surface area (Å²) in [6.07, 6.45) is 4.66. The number of nitrogens with one attached hydrogen (secondary N) is 1. The predicted molar refractivity (Wildman–Crippen MR) is 73.9 cm³/mol. The minimum atomic E-state index is 0.379. The van der Waals surface area contributed by atoms with Crippen molar-refractivity contribution >= 4 is 5.69 Å². The van der Waals surface area contributed by atoms with E-state index in [0.29, 0.717) is 6.10 Å². The van der Waals surface area contributed by atoms with Crippen LogP contribution >= 0.6 is 0 Å². The quantitative estimate of drug-likeness (QED) is 0.863. The summed E-state index contributed by atoms with van der Waals surface area (Å²) in [7, 11) is 1.94. The highest BCUT2D eigenvalue weighted by atomic mass is 16.5. The van der Waals surface area contributed by atoms with E-state index in [1.165, 1.54) is 18.5 Å². The molecule has 0 bridgehead atoms. The molecule has 100 valence electrons. The maximum atomic E-state index is 5.74. The van der Waals surface area contributed by atoms with E-state index < -0.39 is 0 Å². The molecule has 1 saturated heterocycles. The number of pyridine rings is 1. The molecule has 1 aromatic rings. The van der Waals surface area contributed by atoms with Crippen LogP contribution in [0.25, 0.3) is 0 Å². The zero-order valence-corrected chi connectivity index (χ0v) is 11.4. The summed E-state index contributed by atoms with van der Waals surface area (Å²) in [5.41, 5.74) is 2.35. The van der Waals surface area contributed by atoms with Gasteiger partial charge in [-0.1, -0.05) is 0 Å². The molecule has 0 saturated carbocycles. The largest absolute Gasteiger partial charge is 0.377 e. The van der Waals surface area contributed by atoms with Crippen molar-refractivity contribution in [3.05, 3.63) is 24.0 Å². The van der Waals surface area contributed by atoms with Gasteiger partial charge in [-0.05, 0) is 38.9 Å². The Morgan fingerprint density at radius 2 is 2.44 bits per heavy atom. The second-order valence-electron chi connectivity index (χ2n) is 4.70. The molecule has 0 spiro atoms. The van der Waals surface area contributed by atoms with Crippen LogP contribution in [0.1, 0.15) is 25.5 Å². The van der Waals surface area contributed by atoms with E-state index in [0.717, 1.165) is 31.9 Å². The number of aromatic nitrogens is 1. The first-order valence-electron chi connectivity index (χ1n) is 6.79. The minimum Gasteiger partial charge on any atom is -0.377 e. The van der Waals surface area contributed by atoms with Gasteiger partial charge in [0.05, 0.1) is 11.8 Å². The lowest BCUT2D eigenvalue weighted by atomic mass is 10.1. The average Bonchev–Trinajstić information content (AvgIpc) is 2.40. The van der Waals surface area contributed by atoms with Crippen LogP contribution in [0.3, 0.4) is 0 Å². The molecule has 2 heterocycles. The van der Waals surface area contributed by atoms with Gasteiger partial charge in [-0.15, -0.1) is 0 Å². The highest BCUT2D eigenvalue weighted by Gasteiger charge is 2.20. The van der Waals surface area contributed by atoms with Gasteiger partial charge in [0.1, 0.15) is 0 Å². The number of anilines is 1. The maximum absolute atomic E-state index is 5.74. The van der Waals surface area contributed by atoms with Gasteiger partial charge >= 0.3 is 0 Å². The van der Waals surface area contributed by atoms with E-state index in [2.05, 4.69) is 34.3 Å². The molecule has 2 rings (SSSR count).